The van der Waals surface area contributed by atoms with Crippen LogP contribution in [0.3, 0.4) is 0 Å². The molecule has 0 radical (unpaired) electrons. The summed E-state index contributed by atoms with van der Waals surface area (Å²) in [6, 6.07) is 5.67. The number of benzene rings is 1. The molecule has 1 saturated heterocycles. The highest BCUT2D eigenvalue weighted by Gasteiger charge is 2.17. The van der Waals surface area contributed by atoms with Gasteiger partial charge in [0.25, 0.3) is 5.56 Å². The number of ether oxygens (including phenoxy) is 1. The fraction of sp³-hybridized carbons (Fsp3) is 0.294. The van der Waals surface area contributed by atoms with Crippen LogP contribution in [0.25, 0.3) is 16.9 Å². The molecule has 8 nitrogen and oxygen atoms in total. The number of nitrogens with zero attached hydrogens (tertiary/aromatic N) is 3. The number of carboxylic acid groups (broad SMARTS) is 1. The second kappa shape index (κ2) is 6.14. The van der Waals surface area contributed by atoms with Gasteiger partial charge in [0.05, 0.1) is 22.7 Å². The number of hydrogen-bond acceptors (Lipinski definition) is 5. The summed E-state index contributed by atoms with van der Waals surface area (Å²) in [5.41, 5.74) is 1.44. The Morgan fingerprint density at radius 1 is 1.32 bits per heavy atom. The summed E-state index contributed by atoms with van der Waals surface area (Å²) >= 11 is 0. The van der Waals surface area contributed by atoms with E-state index in [-0.39, 0.29) is 17.1 Å². The van der Waals surface area contributed by atoms with E-state index in [4.69, 9.17) is 9.84 Å². The normalized spacial score (nSPS) is 15.5. The van der Waals surface area contributed by atoms with Crippen LogP contribution in [0, 0.1) is 0 Å². The first kappa shape index (κ1) is 15.5. The van der Waals surface area contributed by atoms with E-state index in [0.29, 0.717) is 16.8 Å². The van der Waals surface area contributed by atoms with E-state index in [2.05, 4.69) is 15.1 Å². The summed E-state index contributed by atoms with van der Waals surface area (Å²) in [6.45, 7) is 1.48. The molecule has 0 bridgehead atoms. The smallest absolute Gasteiger partial charge is 0.338 e. The first-order valence-electron chi connectivity index (χ1n) is 8.02. The lowest BCUT2D eigenvalue weighted by atomic mass is 9.91. The number of aromatic carboxylic acids is 1. The Kier molecular flexibility index (Phi) is 3.81. The van der Waals surface area contributed by atoms with Gasteiger partial charge in [-0.1, -0.05) is 6.07 Å². The first-order valence-corrected chi connectivity index (χ1v) is 8.02. The zero-order chi connectivity index (χ0) is 17.4. The molecule has 3 aromatic rings. The van der Waals surface area contributed by atoms with Gasteiger partial charge < -0.3 is 9.84 Å². The van der Waals surface area contributed by atoms with Crippen LogP contribution in [0.4, 0.5) is 0 Å². The maximum Gasteiger partial charge on any atom is 0.338 e. The summed E-state index contributed by atoms with van der Waals surface area (Å²) in [5, 5.41) is 13.4. The molecule has 4 rings (SSSR count). The van der Waals surface area contributed by atoms with Crippen LogP contribution in [-0.2, 0) is 4.74 Å². The van der Waals surface area contributed by atoms with Gasteiger partial charge in [-0.3, -0.25) is 9.78 Å². The standard InChI is InChI=1S/C17H16N4O4/c22-15-13-2-1-11(10-3-5-25-6-4-10)7-14(13)19-17(20-15)21-9-12(8-18-21)16(23)24/h1-2,7-10H,3-6H2,(H,23,24)(H,19,20,22). The predicted octanol–water partition coefficient (Wildman–Crippen LogP) is 1.70. The number of nitrogens with one attached hydrogen (secondary N) is 1. The highest BCUT2D eigenvalue weighted by Crippen LogP contribution is 2.28. The van der Waals surface area contributed by atoms with Crippen molar-refractivity contribution in [3.8, 4) is 5.95 Å². The van der Waals surface area contributed by atoms with E-state index in [1.807, 2.05) is 12.1 Å². The van der Waals surface area contributed by atoms with Crippen molar-refractivity contribution in [2.75, 3.05) is 13.2 Å². The molecule has 2 N–H and O–H groups in total. The maximum atomic E-state index is 12.3. The molecule has 0 unspecified atom stereocenters. The number of fused-ring (bicyclic) bond motifs is 1. The van der Waals surface area contributed by atoms with E-state index in [0.717, 1.165) is 31.6 Å². The van der Waals surface area contributed by atoms with Crippen molar-refractivity contribution in [1.82, 2.24) is 19.7 Å². The minimum atomic E-state index is -1.09. The lowest BCUT2D eigenvalue weighted by molar-refractivity contribution is 0.0697. The van der Waals surface area contributed by atoms with Gasteiger partial charge in [0.2, 0.25) is 5.95 Å². The third kappa shape index (κ3) is 2.91. The van der Waals surface area contributed by atoms with E-state index < -0.39 is 5.97 Å². The molecule has 128 valence electrons. The quantitative estimate of drug-likeness (QED) is 0.751. The van der Waals surface area contributed by atoms with Gasteiger partial charge in [-0.25, -0.2) is 14.5 Å². The topological polar surface area (TPSA) is 110 Å². The van der Waals surface area contributed by atoms with Gasteiger partial charge in [-0.2, -0.15) is 5.10 Å². The van der Waals surface area contributed by atoms with Crippen molar-refractivity contribution < 1.29 is 14.6 Å². The summed E-state index contributed by atoms with van der Waals surface area (Å²) < 4.78 is 6.65. The van der Waals surface area contributed by atoms with Crippen LogP contribution in [0.2, 0.25) is 0 Å². The Labute approximate surface area is 142 Å². The second-order valence-corrected chi connectivity index (χ2v) is 6.03. The molecule has 0 spiro atoms. The molecule has 0 amide bonds. The predicted molar refractivity (Wildman–Crippen MR) is 89.2 cm³/mol. The van der Waals surface area contributed by atoms with Crippen molar-refractivity contribution in [1.29, 1.82) is 0 Å². The van der Waals surface area contributed by atoms with Gasteiger partial charge in [-0.05, 0) is 36.5 Å². The lowest BCUT2D eigenvalue weighted by Gasteiger charge is -2.22. The molecule has 1 fully saturated rings. The lowest BCUT2D eigenvalue weighted by Crippen LogP contribution is -2.16. The monoisotopic (exact) mass is 340 g/mol. The van der Waals surface area contributed by atoms with Crippen molar-refractivity contribution in [3.05, 3.63) is 52.1 Å². The highest BCUT2D eigenvalue weighted by molar-refractivity contribution is 5.87. The number of aromatic amines is 1. The molecule has 1 aliphatic rings. The summed E-state index contributed by atoms with van der Waals surface area (Å²) in [5.74, 6) is -0.503. The number of carbonyl (C=O) groups is 1. The number of aromatic nitrogens is 4. The molecular weight excluding hydrogens is 324 g/mol. The van der Waals surface area contributed by atoms with E-state index >= 15 is 0 Å². The average molecular weight is 340 g/mol. The largest absolute Gasteiger partial charge is 0.478 e. The van der Waals surface area contributed by atoms with Crippen LogP contribution < -0.4 is 5.56 Å². The minimum Gasteiger partial charge on any atom is -0.478 e. The Balaban J connectivity index is 1.78. The van der Waals surface area contributed by atoms with Crippen LogP contribution in [-0.4, -0.2) is 44.0 Å². The van der Waals surface area contributed by atoms with Crippen LogP contribution >= 0.6 is 0 Å². The van der Waals surface area contributed by atoms with Gasteiger partial charge in [0.1, 0.15) is 0 Å². The average Bonchev–Trinajstić information content (AvgIpc) is 3.12. The zero-order valence-corrected chi connectivity index (χ0v) is 13.3. The van der Waals surface area contributed by atoms with Gasteiger partial charge in [0, 0.05) is 19.4 Å². The fourth-order valence-corrected chi connectivity index (χ4v) is 3.09. The number of rotatable bonds is 3. The van der Waals surface area contributed by atoms with Gasteiger partial charge in [0.15, 0.2) is 0 Å². The van der Waals surface area contributed by atoms with E-state index in [9.17, 15) is 9.59 Å². The van der Waals surface area contributed by atoms with Crippen molar-refractivity contribution in [2.45, 2.75) is 18.8 Å². The Hall–Kier alpha value is -3.00. The third-order valence-corrected chi connectivity index (χ3v) is 4.46. The van der Waals surface area contributed by atoms with Crippen molar-refractivity contribution in [3.63, 3.8) is 0 Å². The Morgan fingerprint density at radius 2 is 2.12 bits per heavy atom. The number of carboxylic acids is 1. The number of hydrogen-bond donors (Lipinski definition) is 2. The van der Waals surface area contributed by atoms with Gasteiger partial charge >= 0.3 is 5.97 Å². The zero-order valence-electron chi connectivity index (χ0n) is 13.3. The van der Waals surface area contributed by atoms with Crippen molar-refractivity contribution in [2.24, 2.45) is 0 Å². The maximum absolute atomic E-state index is 12.3. The van der Waals surface area contributed by atoms with E-state index in [1.54, 1.807) is 6.07 Å². The summed E-state index contributed by atoms with van der Waals surface area (Å²) in [4.78, 5) is 30.4. The number of H-pyrrole nitrogens is 1. The molecule has 8 heteroatoms. The van der Waals surface area contributed by atoms with Crippen LogP contribution in [0.5, 0.6) is 0 Å². The minimum absolute atomic E-state index is 0.0266. The summed E-state index contributed by atoms with van der Waals surface area (Å²) in [6.07, 6.45) is 4.42. The second-order valence-electron chi connectivity index (χ2n) is 6.03. The van der Waals surface area contributed by atoms with Crippen LogP contribution in [0.15, 0.2) is 35.4 Å². The SMILES string of the molecule is O=C(O)c1cnn(-c2nc3cc(C4CCOCC4)ccc3c(=O)[nH]2)c1. The fourth-order valence-electron chi connectivity index (χ4n) is 3.09. The van der Waals surface area contributed by atoms with E-state index in [1.165, 1.54) is 17.1 Å². The molecule has 0 atom stereocenters. The molecule has 1 aliphatic heterocycles. The third-order valence-electron chi connectivity index (χ3n) is 4.46. The summed E-state index contributed by atoms with van der Waals surface area (Å²) in [7, 11) is 0. The molecule has 25 heavy (non-hydrogen) atoms. The van der Waals surface area contributed by atoms with Crippen molar-refractivity contribution >= 4 is 16.9 Å². The highest BCUT2D eigenvalue weighted by atomic mass is 16.5. The molecule has 0 saturated carbocycles. The molecule has 2 aromatic heterocycles. The first-order chi connectivity index (χ1) is 12.1. The van der Waals surface area contributed by atoms with Gasteiger partial charge in [-0.15, -0.1) is 0 Å². The molecule has 3 heterocycles. The Bertz CT molecular complexity index is 1000. The molecule has 1 aromatic carbocycles. The molecule has 0 aliphatic carbocycles. The Morgan fingerprint density at radius 3 is 2.84 bits per heavy atom. The molecular formula is C17H16N4O4. The van der Waals surface area contributed by atoms with Crippen LogP contribution in [0.1, 0.15) is 34.7 Å².